The van der Waals surface area contributed by atoms with Crippen molar-refractivity contribution >= 4 is 5.91 Å². The number of methoxy groups -OCH3 is 2. The van der Waals surface area contributed by atoms with Gasteiger partial charge >= 0.3 is 5.69 Å². The highest BCUT2D eigenvalue weighted by atomic mass is 16.5. The number of hydrogen-bond acceptors (Lipinski definition) is 6. The monoisotopic (exact) mass is 452 g/mol. The van der Waals surface area contributed by atoms with Crippen LogP contribution in [0.15, 0.2) is 52.1 Å². The molecule has 3 aromatic rings. The summed E-state index contributed by atoms with van der Waals surface area (Å²) in [4.78, 5) is 41.2. The first-order chi connectivity index (χ1) is 15.8. The van der Waals surface area contributed by atoms with Crippen molar-refractivity contribution in [2.24, 2.45) is 0 Å². The predicted octanol–water partition coefficient (Wildman–Crippen LogP) is 2.25. The summed E-state index contributed by atoms with van der Waals surface area (Å²) in [5.74, 6) is 0.329. The minimum absolute atomic E-state index is 0.00624. The van der Waals surface area contributed by atoms with Gasteiger partial charge in [0.05, 0.1) is 26.5 Å². The SMILES string of the molecule is CCN(CC)C(=O)c1nn(-c2ccc(OC)c(OC)c2)c(=O)n(Cc2ccc(C)cc2)c1=O. The van der Waals surface area contributed by atoms with E-state index in [4.69, 9.17) is 9.47 Å². The molecule has 9 nitrogen and oxygen atoms in total. The van der Waals surface area contributed by atoms with E-state index in [0.29, 0.717) is 30.3 Å². The number of rotatable bonds is 8. The number of carbonyl (C=O) groups is 1. The molecule has 0 bridgehead atoms. The smallest absolute Gasteiger partial charge is 0.352 e. The fourth-order valence-corrected chi connectivity index (χ4v) is 3.45. The van der Waals surface area contributed by atoms with Crippen LogP contribution in [0, 0.1) is 6.92 Å². The summed E-state index contributed by atoms with van der Waals surface area (Å²) in [5, 5.41) is 4.19. The number of nitrogens with zero attached hydrogens (tertiary/aromatic N) is 4. The van der Waals surface area contributed by atoms with Gasteiger partial charge in [-0.25, -0.2) is 4.79 Å². The molecule has 1 aromatic heterocycles. The van der Waals surface area contributed by atoms with E-state index in [-0.39, 0.29) is 12.2 Å². The first kappa shape index (κ1) is 23.8. The van der Waals surface area contributed by atoms with Crippen molar-refractivity contribution in [2.45, 2.75) is 27.3 Å². The maximum absolute atomic E-state index is 13.4. The molecule has 0 aliphatic rings. The van der Waals surface area contributed by atoms with Crippen LogP contribution < -0.4 is 20.7 Å². The second kappa shape index (κ2) is 10.2. The van der Waals surface area contributed by atoms with Gasteiger partial charge in [0.15, 0.2) is 11.5 Å². The summed E-state index contributed by atoms with van der Waals surface area (Å²) in [6, 6.07) is 12.3. The standard InChI is InChI=1S/C24H28N4O5/c1-6-26(7-2)22(29)21-23(30)27(15-17-10-8-16(3)9-11-17)24(31)28(25-21)18-12-13-19(32-4)20(14-18)33-5/h8-14H,6-7,15H2,1-5H3. The number of benzene rings is 2. The fourth-order valence-electron chi connectivity index (χ4n) is 3.45. The van der Waals surface area contributed by atoms with Crippen LogP contribution in [0.1, 0.15) is 35.5 Å². The van der Waals surface area contributed by atoms with Crippen LogP contribution in [0.4, 0.5) is 0 Å². The Hall–Kier alpha value is -3.88. The van der Waals surface area contributed by atoms with E-state index in [2.05, 4.69) is 5.10 Å². The van der Waals surface area contributed by atoms with Gasteiger partial charge in [0.2, 0.25) is 5.69 Å². The molecule has 0 radical (unpaired) electrons. The second-order valence-corrected chi connectivity index (χ2v) is 7.44. The summed E-state index contributed by atoms with van der Waals surface area (Å²) in [5.41, 5.74) is 0.439. The molecule has 0 saturated heterocycles. The normalized spacial score (nSPS) is 10.7. The van der Waals surface area contributed by atoms with Crippen LogP contribution >= 0.6 is 0 Å². The van der Waals surface area contributed by atoms with Gasteiger partial charge in [-0.3, -0.25) is 14.2 Å². The van der Waals surface area contributed by atoms with Gasteiger partial charge in [-0.05, 0) is 38.5 Å². The van der Waals surface area contributed by atoms with Crippen LogP contribution in [-0.2, 0) is 6.54 Å². The van der Waals surface area contributed by atoms with Crippen molar-refractivity contribution in [3.63, 3.8) is 0 Å². The summed E-state index contributed by atoms with van der Waals surface area (Å²) in [6.07, 6.45) is 0. The highest BCUT2D eigenvalue weighted by Crippen LogP contribution is 2.28. The van der Waals surface area contributed by atoms with Crippen LogP contribution in [0.25, 0.3) is 5.69 Å². The molecule has 1 heterocycles. The molecule has 0 saturated carbocycles. The lowest BCUT2D eigenvalue weighted by atomic mass is 10.1. The molecule has 3 rings (SSSR count). The first-order valence-electron chi connectivity index (χ1n) is 10.7. The highest BCUT2D eigenvalue weighted by molar-refractivity contribution is 5.91. The topological polar surface area (TPSA) is 95.7 Å². The number of amides is 1. The Morgan fingerprint density at radius 2 is 1.61 bits per heavy atom. The van der Waals surface area contributed by atoms with Crippen LogP contribution in [0.5, 0.6) is 11.5 Å². The largest absolute Gasteiger partial charge is 0.493 e. The van der Waals surface area contributed by atoms with Gasteiger partial charge in [0.1, 0.15) is 0 Å². The summed E-state index contributed by atoms with van der Waals surface area (Å²) in [7, 11) is 2.98. The molecular weight excluding hydrogens is 424 g/mol. The molecule has 0 unspecified atom stereocenters. The summed E-state index contributed by atoms with van der Waals surface area (Å²) >= 11 is 0. The van der Waals surface area contributed by atoms with Gasteiger partial charge < -0.3 is 14.4 Å². The molecule has 0 aliphatic heterocycles. The lowest BCUT2D eigenvalue weighted by Crippen LogP contribution is -2.46. The number of ether oxygens (including phenoxy) is 2. The molecule has 33 heavy (non-hydrogen) atoms. The van der Waals surface area contributed by atoms with E-state index < -0.39 is 17.2 Å². The van der Waals surface area contributed by atoms with E-state index in [1.165, 1.54) is 19.1 Å². The van der Waals surface area contributed by atoms with Crippen molar-refractivity contribution in [1.82, 2.24) is 19.2 Å². The Morgan fingerprint density at radius 1 is 0.970 bits per heavy atom. The molecule has 0 atom stereocenters. The zero-order valence-corrected chi connectivity index (χ0v) is 19.5. The third kappa shape index (κ3) is 4.82. The Balaban J connectivity index is 2.25. The molecule has 0 N–H and O–H groups in total. The Labute approximate surface area is 191 Å². The van der Waals surface area contributed by atoms with Crippen LogP contribution in [0.2, 0.25) is 0 Å². The van der Waals surface area contributed by atoms with E-state index >= 15 is 0 Å². The molecule has 0 fully saturated rings. The number of carbonyl (C=O) groups excluding carboxylic acids is 1. The lowest BCUT2D eigenvalue weighted by molar-refractivity contribution is 0.0761. The van der Waals surface area contributed by atoms with Gasteiger partial charge in [0, 0.05) is 19.2 Å². The number of aryl methyl sites for hydroxylation is 1. The molecule has 9 heteroatoms. The maximum atomic E-state index is 13.4. The molecular formula is C24H28N4O5. The van der Waals surface area contributed by atoms with Gasteiger partial charge in [0.25, 0.3) is 11.5 Å². The average Bonchev–Trinajstić information content (AvgIpc) is 2.83. The summed E-state index contributed by atoms with van der Waals surface area (Å²) < 4.78 is 12.7. The molecule has 174 valence electrons. The Bertz CT molecular complexity index is 1260. The zero-order valence-electron chi connectivity index (χ0n) is 19.5. The highest BCUT2D eigenvalue weighted by Gasteiger charge is 2.24. The second-order valence-electron chi connectivity index (χ2n) is 7.44. The number of aromatic nitrogens is 3. The molecule has 1 amide bonds. The third-order valence-corrected chi connectivity index (χ3v) is 5.39. The first-order valence-corrected chi connectivity index (χ1v) is 10.7. The maximum Gasteiger partial charge on any atom is 0.352 e. The lowest BCUT2D eigenvalue weighted by Gasteiger charge is -2.19. The van der Waals surface area contributed by atoms with Crippen molar-refractivity contribution in [3.8, 4) is 17.2 Å². The fraction of sp³-hybridized carbons (Fsp3) is 0.333. The van der Waals surface area contributed by atoms with E-state index in [1.807, 2.05) is 45.0 Å². The Kier molecular flexibility index (Phi) is 7.32. The van der Waals surface area contributed by atoms with Crippen molar-refractivity contribution < 1.29 is 14.3 Å². The van der Waals surface area contributed by atoms with Gasteiger partial charge in [-0.1, -0.05) is 29.8 Å². The van der Waals surface area contributed by atoms with Crippen molar-refractivity contribution in [1.29, 1.82) is 0 Å². The van der Waals surface area contributed by atoms with Crippen molar-refractivity contribution in [2.75, 3.05) is 27.3 Å². The number of hydrogen-bond donors (Lipinski definition) is 0. The van der Waals surface area contributed by atoms with Crippen LogP contribution in [0.3, 0.4) is 0 Å². The molecule has 0 spiro atoms. The third-order valence-electron chi connectivity index (χ3n) is 5.39. The van der Waals surface area contributed by atoms with Gasteiger partial charge in [-0.15, -0.1) is 0 Å². The van der Waals surface area contributed by atoms with E-state index in [1.54, 1.807) is 18.2 Å². The molecule has 2 aromatic carbocycles. The Morgan fingerprint density at radius 3 is 2.18 bits per heavy atom. The predicted molar refractivity (Wildman–Crippen MR) is 125 cm³/mol. The zero-order chi connectivity index (χ0) is 24.1. The van der Waals surface area contributed by atoms with Gasteiger partial charge in [-0.2, -0.15) is 9.78 Å². The molecule has 0 aliphatic carbocycles. The minimum atomic E-state index is -0.728. The summed E-state index contributed by atoms with van der Waals surface area (Å²) in [6.45, 7) is 6.40. The van der Waals surface area contributed by atoms with E-state index in [0.717, 1.165) is 20.4 Å². The van der Waals surface area contributed by atoms with E-state index in [9.17, 15) is 14.4 Å². The van der Waals surface area contributed by atoms with Crippen molar-refractivity contribution in [3.05, 3.63) is 80.1 Å². The van der Waals surface area contributed by atoms with Crippen LogP contribution in [-0.4, -0.2) is 52.5 Å². The minimum Gasteiger partial charge on any atom is -0.493 e. The average molecular weight is 453 g/mol. The quantitative estimate of drug-likeness (QED) is 0.520.